The number of aryl methyl sites for hydroxylation is 1. The van der Waals surface area contributed by atoms with Gasteiger partial charge in [-0.15, -0.1) is 0 Å². The molecule has 23 heavy (non-hydrogen) atoms. The van der Waals surface area contributed by atoms with Gasteiger partial charge in [-0.25, -0.2) is 15.0 Å². The maximum absolute atomic E-state index is 5.95. The van der Waals surface area contributed by atoms with Crippen LogP contribution < -0.4 is 0 Å². The summed E-state index contributed by atoms with van der Waals surface area (Å²) < 4.78 is 8.12. The second kappa shape index (κ2) is 8.36. The van der Waals surface area contributed by atoms with Crippen LogP contribution in [0.1, 0.15) is 25.6 Å². The minimum Gasteiger partial charge on any atom is -0.361 e. The van der Waals surface area contributed by atoms with Crippen molar-refractivity contribution < 1.29 is 4.74 Å². The normalized spacial score (nSPS) is 11.8. The third kappa shape index (κ3) is 5.55. The molecule has 0 spiro atoms. The van der Waals surface area contributed by atoms with Crippen LogP contribution in [0, 0.1) is 0 Å². The number of ether oxygens (including phenoxy) is 1. The molecule has 0 aliphatic heterocycles. The number of aromatic nitrogens is 4. The molecule has 0 aliphatic carbocycles. The molecular formula is C17H28N4OSi. The lowest BCUT2D eigenvalue weighted by Gasteiger charge is -2.17. The van der Waals surface area contributed by atoms with E-state index in [4.69, 9.17) is 4.74 Å². The molecule has 0 bridgehead atoms. The van der Waals surface area contributed by atoms with Crippen molar-refractivity contribution in [1.82, 2.24) is 19.5 Å². The molecule has 0 saturated carbocycles. The van der Waals surface area contributed by atoms with Gasteiger partial charge in [-0.2, -0.15) is 0 Å². The maximum Gasteiger partial charge on any atom is 0.124 e. The van der Waals surface area contributed by atoms with E-state index in [9.17, 15) is 0 Å². The fourth-order valence-electron chi connectivity index (χ4n) is 2.29. The van der Waals surface area contributed by atoms with Crippen molar-refractivity contribution in [2.24, 2.45) is 0 Å². The van der Waals surface area contributed by atoms with Crippen molar-refractivity contribution in [1.29, 1.82) is 0 Å². The van der Waals surface area contributed by atoms with Crippen LogP contribution in [-0.2, 0) is 17.9 Å². The predicted octanol–water partition coefficient (Wildman–Crippen LogP) is 4.00. The van der Waals surface area contributed by atoms with E-state index in [1.807, 2.05) is 18.6 Å². The third-order valence-corrected chi connectivity index (χ3v) is 5.47. The van der Waals surface area contributed by atoms with Crippen LogP contribution in [0.5, 0.6) is 0 Å². The fourth-order valence-corrected chi connectivity index (χ4v) is 3.05. The average molecular weight is 333 g/mol. The van der Waals surface area contributed by atoms with E-state index < -0.39 is 8.07 Å². The van der Waals surface area contributed by atoms with Crippen molar-refractivity contribution in [3.63, 3.8) is 0 Å². The zero-order valence-corrected chi connectivity index (χ0v) is 15.7. The van der Waals surface area contributed by atoms with Gasteiger partial charge in [0.25, 0.3) is 0 Å². The van der Waals surface area contributed by atoms with Gasteiger partial charge in [-0.1, -0.05) is 33.0 Å². The topological polar surface area (TPSA) is 52.8 Å². The number of hydrogen-bond acceptors (Lipinski definition) is 4. The second-order valence-electron chi connectivity index (χ2n) is 7.07. The molecule has 0 N–H and O–H groups in total. The van der Waals surface area contributed by atoms with Crippen LogP contribution in [0.15, 0.2) is 24.9 Å². The Morgan fingerprint density at radius 2 is 1.87 bits per heavy atom. The molecule has 2 aromatic heterocycles. The van der Waals surface area contributed by atoms with Crippen molar-refractivity contribution >= 4 is 8.07 Å². The summed E-state index contributed by atoms with van der Waals surface area (Å²) in [5.74, 6) is 1.08. The Balaban J connectivity index is 2.11. The average Bonchev–Trinajstić information content (AvgIpc) is 2.92. The summed E-state index contributed by atoms with van der Waals surface area (Å²) in [7, 11) is -1.06. The van der Waals surface area contributed by atoms with Crippen molar-refractivity contribution in [2.45, 2.75) is 58.6 Å². The van der Waals surface area contributed by atoms with Crippen LogP contribution in [0.3, 0.4) is 0 Å². The van der Waals surface area contributed by atoms with Crippen molar-refractivity contribution in [3.8, 4) is 11.3 Å². The minimum absolute atomic E-state index is 0.549. The zero-order chi connectivity index (χ0) is 16.7. The van der Waals surface area contributed by atoms with Gasteiger partial charge in [0, 0.05) is 39.1 Å². The largest absolute Gasteiger partial charge is 0.361 e. The van der Waals surface area contributed by atoms with Gasteiger partial charge in [0.2, 0.25) is 0 Å². The van der Waals surface area contributed by atoms with Gasteiger partial charge < -0.3 is 9.30 Å². The summed E-state index contributed by atoms with van der Waals surface area (Å²) in [6.45, 7) is 10.7. The van der Waals surface area contributed by atoms with E-state index in [0.29, 0.717) is 6.73 Å². The standard InChI is InChI=1S/C17H28N4OSi/c1-5-6-7-17-20-12-16(15-10-18-13-19-11-15)21(17)14-22-8-9-23(2,3)4/h10-13H,5-9,14H2,1-4H3. The highest BCUT2D eigenvalue weighted by atomic mass is 28.3. The molecule has 0 atom stereocenters. The van der Waals surface area contributed by atoms with Crippen LogP contribution >= 0.6 is 0 Å². The summed E-state index contributed by atoms with van der Waals surface area (Å²) in [6.07, 6.45) is 10.4. The lowest BCUT2D eigenvalue weighted by molar-refractivity contribution is 0.0861. The van der Waals surface area contributed by atoms with Gasteiger partial charge in [-0.05, 0) is 12.5 Å². The first-order valence-electron chi connectivity index (χ1n) is 8.39. The van der Waals surface area contributed by atoms with Crippen LogP contribution in [0.4, 0.5) is 0 Å². The highest BCUT2D eigenvalue weighted by Gasteiger charge is 2.14. The molecule has 0 unspecified atom stereocenters. The molecule has 2 rings (SSSR count). The van der Waals surface area contributed by atoms with Gasteiger partial charge in [0.15, 0.2) is 0 Å². The van der Waals surface area contributed by atoms with E-state index >= 15 is 0 Å². The minimum atomic E-state index is -1.06. The molecule has 5 nitrogen and oxygen atoms in total. The number of rotatable bonds is 9. The number of nitrogens with zero attached hydrogens (tertiary/aromatic N) is 4. The number of hydrogen-bond donors (Lipinski definition) is 0. The van der Waals surface area contributed by atoms with E-state index in [-0.39, 0.29) is 0 Å². The third-order valence-electron chi connectivity index (χ3n) is 3.77. The number of unbranched alkanes of at least 4 members (excludes halogenated alkanes) is 1. The molecule has 0 radical (unpaired) electrons. The molecule has 0 aromatic carbocycles. The first-order chi connectivity index (χ1) is 11.0. The Hall–Kier alpha value is -1.53. The lowest BCUT2D eigenvalue weighted by Crippen LogP contribution is -2.22. The first-order valence-corrected chi connectivity index (χ1v) is 12.1. The maximum atomic E-state index is 5.95. The summed E-state index contributed by atoms with van der Waals surface area (Å²) in [5, 5.41) is 0. The Bertz CT molecular complexity index is 592. The molecule has 2 aromatic rings. The Morgan fingerprint density at radius 1 is 1.13 bits per heavy atom. The molecule has 0 aliphatic rings. The molecule has 0 amide bonds. The highest BCUT2D eigenvalue weighted by molar-refractivity contribution is 6.76. The summed E-state index contributed by atoms with van der Waals surface area (Å²) >= 11 is 0. The van der Waals surface area contributed by atoms with Gasteiger partial charge in [0.1, 0.15) is 18.9 Å². The van der Waals surface area contributed by atoms with E-state index in [0.717, 1.165) is 43.0 Å². The molecule has 6 heteroatoms. The zero-order valence-electron chi connectivity index (χ0n) is 14.7. The fraction of sp³-hybridized carbons (Fsp3) is 0.588. The van der Waals surface area contributed by atoms with E-state index in [1.165, 1.54) is 6.04 Å². The summed E-state index contributed by atoms with van der Waals surface area (Å²) in [6, 6.07) is 1.18. The summed E-state index contributed by atoms with van der Waals surface area (Å²) in [5.41, 5.74) is 2.02. The lowest BCUT2D eigenvalue weighted by atomic mass is 10.2. The van der Waals surface area contributed by atoms with Gasteiger partial charge in [-0.3, -0.25) is 0 Å². The Labute approximate surface area is 140 Å². The van der Waals surface area contributed by atoms with Crippen LogP contribution in [-0.4, -0.2) is 34.2 Å². The molecule has 126 valence electrons. The molecule has 2 heterocycles. The molecule has 0 fully saturated rings. The van der Waals surface area contributed by atoms with E-state index in [2.05, 4.69) is 46.1 Å². The highest BCUT2D eigenvalue weighted by Crippen LogP contribution is 2.20. The predicted molar refractivity (Wildman–Crippen MR) is 96.0 cm³/mol. The molecule has 0 saturated heterocycles. The first kappa shape index (κ1) is 17.8. The van der Waals surface area contributed by atoms with Crippen molar-refractivity contribution in [3.05, 3.63) is 30.7 Å². The van der Waals surface area contributed by atoms with Crippen LogP contribution in [0.2, 0.25) is 25.7 Å². The van der Waals surface area contributed by atoms with Crippen molar-refractivity contribution in [2.75, 3.05) is 6.61 Å². The Morgan fingerprint density at radius 3 is 2.52 bits per heavy atom. The number of imidazole rings is 1. The summed E-state index contributed by atoms with van der Waals surface area (Å²) in [4.78, 5) is 12.8. The molecular weight excluding hydrogens is 304 g/mol. The van der Waals surface area contributed by atoms with E-state index in [1.54, 1.807) is 6.33 Å². The Kier molecular flexibility index (Phi) is 6.47. The van der Waals surface area contributed by atoms with Gasteiger partial charge in [0.05, 0.1) is 11.9 Å². The van der Waals surface area contributed by atoms with Gasteiger partial charge >= 0.3 is 0 Å². The SMILES string of the molecule is CCCCc1ncc(-c2cncnc2)n1COCC[Si](C)(C)C. The second-order valence-corrected chi connectivity index (χ2v) is 12.7. The monoisotopic (exact) mass is 332 g/mol. The smallest absolute Gasteiger partial charge is 0.124 e. The van der Waals surface area contributed by atoms with Crippen LogP contribution in [0.25, 0.3) is 11.3 Å². The quantitative estimate of drug-likeness (QED) is 0.514.